The normalized spacial score (nSPS) is 17.2. The lowest BCUT2D eigenvalue weighted by molar-refractivity contribution is 0.305. The van der Waals surface area contributed by atoms with Crippen LogP contribution in [0.25, 0.3) is 10.9 Å². The first-order valence-corrected chi connectivity index (χ1v) is 13.3. The maximum Gasteiger partial charge on any atom is 0.286 e. The Hall–Kier alpha value is -4.12. The number of anilines is 1. The number of para-hydroxylation sites is 1. The van der Waals surface area contributed by atoms with Crippen LogP contribution in [-0.2, 0) is 6.61 Å². The monoisotopic (exact) mass is 516 g/mol. The molecule has 6 rings (SSSR count). The largest absolute Gasteiger partial charge is 0.506 e. The van der Waals surface area contributed by atoms with Gasteiger partial charge in [-0.3, -0.25) is 13.9 Å². The fraction of sp³-hybridized carbons (Fsp3) is 0.148. The van der Waals surface area contributed by atoms with Gasteiger partial charge in [0.25, 0.3) is 5.56 Å². The molecule has 0 spiro atoms. The minimum Gasteiger partial charge on any atom is -0.506 e. The van der Waals surface area contributed by atoms with Gasteiger partial charge in [-0.15, -0.1) is 4.40 Å². The molecule has 37 heavy (non-hydrogen) atoms. The van der Waals surface area contributed by atoms with Crippen molar-refractivity contribution in [3.8, 4) is 11.5 Å². The van der Waals surface area contributed by atoms with Gasteiger partial charge in [0.1, 0.15) is 28.6 Å². The number of hydrogen-bond acceptors (Lipinski definition) is 8. The molecule has 1 aliphatic heterocycles. The molecule has 0 amide bonds. The lowest BCUT2D eigenvalue weighted by Gasteiger charge is -2.34. The molecular weight excluding hydrogens is 492 g/mol. The highest BCUT2D eigenvalue weighted by Gasteiger charge is 2.31. The number of fused-ring (bicyclic) bond motifs is 2. The van der Waals surface area contributed by atoms with E-state index in [2.05, 4.69) is 14.8 Å². The van der Waals surface area contributed by atoms with Gasteiger partial charge in [0.05, 0.1) is 11.2 Å². The molecule has 1 fully saturated rings. The molecule has 0 saturated heterocycles. The van der Waals surface area contributed by atoms with Gasteiger partial charge >= 0.3 is 0 Å². The topological polar surface area (TPSA) is 129 Å². The summed E-state index contributed by atoms with van der Waals surface area (Å²) in [4.78, 5) is 13.7. The molecule has 0 bridgehead atoms. The molecule has 0 atom stereocenters. The Morgan fingerprint density at radius 3 is 2.62 bits per heavy atom. The lowest BCUT2D eigenvalue weighted by Crippen LogP contribution is -2.31. The third-order valence-electron chi connectivity index (χ3n) is 6.25. The molecule has 0 unspecified atom stereocenters. The molecule has 1 saturated carbocycles. The van der Waals surface area contributed by atoms with E-state index in [4.69, 9.17) is 4.74 Å². The second kappa shape index (κ2) is 9.07. The van der Waals surface area contributed by atoms with Crippen molar-refractivity contribution in [2.75, 3.05) is 5.32 Å². The Morgan fingerprint density at radius 1 is 1.08 bits per heavy atom. The second-order valence-corrected chi connectivity index (χ2v) is 10.6. The predicted octanol–water partition coefficient (Wildman–Crippen LogP) is 5.43. The number of ether oxygens (including phenoxy) is 1. The molecule has 1 aliphatic carbocycles. The van der Waals surface area contributed by atoms with Crippen molar-refractivity contribution in [3.05, 3.63) is 94.3 Å². The van der Waals surface area contributed by atoms with Crippen molar-refractivity contribution in [2.45, 2.75) is 24.3 Å². The number of nitrogens with one attached hydrogen (secondary N) is 1. The fourth-order valence-corrected chi connectivity index (χ4v) is 5.32. The SMILES string of the molecule is O=c1c(C2=NS(O)(O)c3cc(OCc4ccccc4)ccc3N2)c(O)c2ccccc2n1N=CC1CC1. The molecule has 1 aromatic heterocycles. The van der Waals surface area contributed by atoms with Crippen LogP contribution in [0.4, 0.5) is 5.69 Å². The van der Waals surface area contributed by atoms with E-state index in [0.717, 1.165) is 18.4 Å². The van der Waals surface area contributed by atoms with Crippen molar-refractivity contribution in [2.24, 2.45) is 15.4 Å². The summed E-state index contributed by atoms with van der Waals surface area (Å²) >= 11 is 0. The Bertz CT molecular complexity index is 1630. The smallest absolute Gasteiger partial charge is 0.286 e. The Kier molecular flexibility index (Phi) is 5.71. The average molecular weight is 517 g/mol. The van der Waals surface area contributed by atoms with Crippen LogP contribution in [0, 0.1) is 5.92 Å². The Labute approximate surface area is 213 Å². The zero-order valence-corrected chi connectivity index (χ0v) is 20.4. The first-order valence-electron chi connectivity index (χ1n) is 11.8. The highest BCUT2D eigenvalue weighted by Crippen LogP contribution is 2.56. The Morgan fingerprint density at radius 2 is 1.84 bits per heavy atom. The van der Waals surface area contributed by atoms with Crippen molar-refractivity contribution in [1.82, 2.24) is 4.68 Å². The molecule has 188 valence electrons. The number of amidine groups is 1. The highest BCUT2D eigenvalue weighted by molar-refractivity contribution is 8.23. The van der Waals surface area contributed by atoms with Gasteiger partial charge in [-0.25, -0.2) is 0 Å². The highest BCUT2D eigenvalue weighted by atomic mass is 32.3. The van der Waals surface area contributed by atoms with Gasteiger partial charge in [-0.2, -0.15) is 9.78 Å². The number of aromatic hydroxyl groups is 1. The van der Waals surface area contributed by atoms with Gasteiger partial charge in [0.2, 0.25) is 0 Å². The average Bonchev–Trinajstić information content (AvgIpc) is 3.72. The third kappa shape index (κ3) is 4.46. The second-order valence-electron chi connectivity index (χ2n) is 8.98. The summed E-state index contributed by atoms with van der Waals surface area (Å²) in [5.74, 6) is 0.304. The van der Waals surface area contributed by atoms with Gasteiger partial charge in [0, 0.05) is 17.7 Å². The van der Waals surface area contributed by atoms with Crippen molar-refractivity contribution in [3.63, 3.8) is 0 Å². The summed E-state index contributed by atoms with van der Waals surface area (Å²) in [5, 5.41) is 18.8. The number of benzene rings is 3. The fourth-order valence-electron chi connectivity index (χ4n) is 4.14. The summed E-state index contributed by atoms with van der Waals surface area (Å²) in [6.07, 6.45) is 3.76. The van der Waals surface area contributed by atoms with Crippen molar-refractivity contribution in [1.29, 1.82) is 0 Å². The molecule has 2 aliphatic rings. The van der Waals surface area contributed by atoms with Crippen LogP contribution >= 0.6 is 10.8 Å². The number of nitrogens with zero attached hydrogens (tertiary/aromatic N) is 3. The summed E-state index contributed by atoms with van der Waals surface area (Å²) in [5.41, 5.74) is 0.937. The van der Waals surface area contributed by atoms with E-state index < -0.39 is 16.3 Å². The van der Waals surface area contributed by atoms with Crippen LogP contribution in [0.3, 0.4) is 0 Å². The molecule has 2 heterocycles. The van der Waals surface area contributed by atoms with E-state index in [0.29, 0.717) is 34.9 Å². The van der Waals surface area contributed by atoms with Crippen LogP contribution in [0.1, 0.15) is 24.0 Å². The van der Waals surface area contributed by atoms with E-state index >= 15 is 0 Å². The summed E-state index contributed by atoms with van der Waals surface area (Å²) in [6, 6.07) is 21.3. The molecule has 9 nitrogen and oxygen atoms in total. The maximum atomic E-state index is 13.5. The Balaban J connectivity index is 1.39. The van der Waals surface area contributed by atoms with Crippen LogP contribution in [0.15, 0.2) is 92.0 Å². The standard InChI is InChI=1S/C27H24N4O5S/c32-25-20-8-4-5-9-22(20)31(28-15-17-10-11-17)27(33)24(25)26-29-21-13-12-19(14-23(21)37(34,35)30-26)36-16-18-6-2-1-3-7-18/h1-9,12-15,17,32,34-35H,10-11,16H2,(H,29,30). The van der Waals surface area contributed by atoms with Crippen LogP contribution in [-0.4, -0.2) is 30.9 Å². The maximum absolute atomic E-state index is 13.5. The van der Waals surface area contributed by atoms with E-state index in [1.54, 1.807) is 42.6 Å². The molecule has 10 heteroatoms. The minimum absolute atomic E-state index is 0.133. The molecule has 4 N–H and O–H groups in total. The first kappa shape index (κ1) is 23.3. The quantitative estimate of drug-likeness (QED) is 0.253. The summed E-state index contributed by atoms with van der Waals surface area (Å²) in [6.45, 7) is 0.312. The number of rotatable bonds is 6. The molecule has 3 aromatic carbocycles. The number of hydrogen-bond donors (Lipinski definition) is 4. The van der Waals surface area contributed by atoms with E-state index in [9.17, 15) is 19.0 Å². The zero-order valence-electron chi connectivity index (χ0n) is 19.6. The number of pyridine rings is 1. The molecular formula is C27H24N4O5S. The van der Waals surface area contributed by atoms with Gasteiger partial charge in [-0.05, 0) is 48.6 Å². The summed E-state index contributed by atoms with van der Waals surface area (Å²) in [7, 11) is -3.71. The van der Waals surface area contributed by atoms with Crippen LogP contribution in [0.2, 0.25) is 0 Å². The van der Waals surface area contributed by atoms with Crippen molar-refractivity contribution < 1.29 is 18.9 Å². The zero-order chi connectivity index (χ0) is 25.6. The van der Waals surface area contributed by atoms with Crippen molar-refractivity contribution >= 4 is 39.4 Å². The first-order chi connectivity index (χ1) is 17.9. The van der Waals surface area contributed by atoms with E-state index in [1.165, 1.54) is 10.7 Å². The van der Waals surface area contributed by atoms with E-state index in [1.807, 2.05) is 30.3 Å². The van der Waals surface area contributed by atoms with E-state index in [-0.39, 0.29) is 22.0 Å². The van der Waals surface area contributed by atoms with Crippen LogP contribution in [0.5, 0.6) is 11.5 Å². The van der Waals surface area contributed by atoms with Crippen LogP contribution < -0.4 is 15.6 Å². The van der Waals surface area contributed by atoms with Gasteiger partial charge in [0.15, 0.2) is 5.84 Å². The van der Waals surface area contributed by atoms with Gasteiger partial charge < -0.3 is 15.2 Å². The number of aromatic nitrogens is 1. The van der Waals surface area contributed by atoms with Gasteiger partial charge in [-0.1, -0.05) is 53.2 Å². The molecule has 0 radical (unpaired) electrons. The lowest BCUT2D eigenvalue weighted by atomic mass is 10.1. The molecule has 4 aromatic rings. The third-order valence-corrected chi connectivity index (χ3v) is 7.62. The predicted molar refractivity (Wildman–Crippen MR) is 145 cm³/mol. The summed E-state index contributed by atoms with van der Waals surface area (Å²) < 4.78 is 33.0. The minimum atomic E-state index is -3.71.